The monoisotopic (exact) mass is 546 g/mol. The lowest BCUT2D eigenvalue weighted by molar-refractivity contribution is -0.186. The molecule has 0 aromatic heterocycles. The first-order valence-corrected chi connectivity index (χ1v) is 12.1. The molecule has 37 heavy (non-hydrogen) atoms. The van der Waals surface area contributed by atoms with Crippen LogP contribution in [-0.4, -0.2) is 113 Å². The van der Waals surface area contributed by atoms with Gasteiger partial charge in [-0.05, 0) is 48.0 Å². The van der Waals surface area contributed by atoms with Crippen molar-refractivity contribution in [2.75, 3.05) is 19.8 Å². The van der Waals surface area contributed by atoms with Gasteiger partial charge in [0.05, 0.1) is 37.6 Å². The van der Waals surface area contributed by atoms with Crippen molar-refractivity contribution >= 4 is 0 Å². The summed E-state index contributed by atoms with van der Waals surface area (Å²) in [6, 6.07) is 0. The molecule has 3 fully saturated rings. The van der Waals surface area contributed by atoms with Gasteiger partial charge >= 0.3 is 0 Å². The maximum atomic E-state index is 9.40. The van der Waals surface area contributed by atoms with Gasteiger partial charge in [0.25, 0.3) is 0 Å². The van der Waals surface area contributed by atoms with E-state index in [4.69, 9.17) is 38.6 Å². The van der Waals surface area contributed by atoms with Crippen LogP contribution in [0.25, 0.3) is 0 Å². The first-order valence-electron chi connectivity index (χ1n) is 12.1. The molecule has 3 aliphatic heterocycles. The maximum Gasteiger partial charge on any atom is 0.186 e. The summed E-state index contributed by atoms with van der Waals surface area (Å²) in [5.41, 5.74) is 0. The summed E-state index contributed by atoms with van der Waals surface area (Å²) in [7, 11) is 0. The van der Waals surface area contributed by atoms with Crippen LogP contribution in [0.5, 0.6) is 0 Å². The van der Waals surface area contributed by atoms with E-state index in [1.54, 1.807) is 13.8 Å². The Morgan fingerprint density at radius 2 is 1.27 bits per heavy atom. The van der Waals surface area contributed by atoms with Crippen molar-refractivity contribution in [2.24, 2.45) is 0 Å². The Labute approximate surface area is 225 Å². The predicted molar refractivity (Wildman–Crippen MR) is 142 cm³/mol. The van der Waals surface area contributed by atoms with Crippen LogP contribution in [0.15, 0.2) is 0 Å². The molecule has 0 aliphatic carbocycles. The van der Waals surface area contributed by atoms with Crippen LogP contribution in [0.1, 0.15) is 83.1 Å². The molecule has 3 rings (SSSR count). The highest BCUT2D eigenvalue weighted by molar-refractivity contribution is 4.86. The van der Waals surface area contributed by atoms with E-state index in [9.17, 15) is 15.3 Å². The zero-order valence-corrected chi connectivity index (χ0v) is 21.3. The van der Waals surface area contributed by atoms with Crippen molar-refractivity contribution < 1.29 is 54.0 Å². The van der Waals surface area contributed by atoms with Gasteiger partial charge in [-0.3, -0.25) is 0 Å². The van der Waals surface area contributed by atoms with Gasteiger partial charge < -0.3 is 54.0 Å². The molecule has 3 saturated heterocycles. The molecule has 8 atom stereocenters. The summed E-state index contributed by atoms with van der Waals surface area (Å²) in [6.07, 6.45) is -2.21. The minimum atomic E-state index is -1.08. The normalized spacial score (nSPS) is 32.6. The Hall–Kier alpha value is -0.440. The van der Waals surface area contributed by atoms with E-state index in [0.29, 0.717) is 12.5 Å². The van der Waals surface area contributed by atoms with E-state index in [1.807, 2.05) is 27.7 Å². The molecule has 0 spiro atoms. The first kappa shape index (κ1) is 41.0. The topological polar surface area (TPSA) is 157 Å². The fourth-order valence-corrected chi connectivity index (χ4v) is 3.43. The summed E-state index contributed by atoms with van der Waals surface area (Å²) < 4.78 is 31.4. The van der Waals surface area contributed by atoms with Gasteiger partial charge in [-0.15, -0.1) is 0 Å². The number of hydrogen-bond acceptors (Lipinski definition) is 11. The average Bonchev–Trinajstić information content (AvgIpc) is 3.45. The molecular weight excluding hydrogens is 488 g/mol. The fraction of sp³-hybridized carbons (Fsp3) is 1.00. The first-order chi connectivity index (χ1) is 16.0. The third kappa shape index (κ3) is 15.7. The van der Waals surface area contributed by atoms with Gasteiger partial charge in [-0.25, -0.2) is 0 Å². The molecule has 0 aromatic carbocycles. The van der Waals surface area contributed by atoms with Crippen molar-refractivity contribution in [3.63, 3.8) is 0 Å². The second-order valence-electron chi connectivity index (χ2n) is 9.32. The Morgan fingerprint density at radius 3 is 1.65 bits per heavy atom. The van der Waals surface area contributed by atoms with Crippen LogP contribution in [0.2, 0.25) is 0 Å². The number of hydrogen-bond donors (Lipinski definition) is 5. The molecule has 3 aliphatic rings. The van der Waals surface area contributed by atoms with Crippen LogP contribution in [0.3, 0.4) is 0 Å². The van der Waals surface area contributed by atoms with Gasteiger partial charge in [0.2, 0.25) is 0 Å². The van der Waals surface area contributed by atoms with Crippen molar-refractivity contribution in [1.29, 1.82) is 0 Å². The second-order valence-corrected chi connectivity index (χ2v) is 9.32. The summed E-state index contributed by atoms with van der Waals surface area (Å²) in [4.78, 5) is 0. The number of aliphatic hydroxyl groups excluding tert-OH is 5. The van der Waals surface area contributed by atoms with Crippen LogP contribution in [0.4, 0.5) is 0 Å². The molecule has 228 valence electrons. The van der Waals surface area contributed by atoms with E-state index in [2.05, 4.69) is 0 Å². The van der Waals surface area contributed by atoms with Crippen molar-refractivity contribution in [3.8, 4) is 0 Å². The summed E-state index contributed by atoms with van der Waals surface area (Å²) in [6.45, 7) is 11.9. The quantitative estimate of drug-likeness (QED) is 0.304. The number of ether oxygens (including phenoxy) is 6. The van der Waals surface area contributed by atoms with Crippen LogP contribution in [0, 0.1) is 0 Å². The van der Waals surface area contributed by atoms with Crippen molar-refractivity contribution in [2.45, 2.75) is 151 Å². The minimum absolute atomic E-state index is 0. The summed E-state index contributed by atoms with van der Waals surface area (Å²) in [5, 5.41) is 45.6. The lowest BCUT2D eigenvalue weighted by atomic mass is 10.1. The summed E-state index contributed by atoms with van der Waals surface area (Å²) in [5.74, 6) is 0. The van der Waals surface area contributed by atoms with E-state index < -0.39 is 37.0 Å². The average molecular weight is 547 g/mol. The number of aliphatic hydroxyl groups is 5. The summed E-state index contributed by atoms with van der Waals surface area (Å²) >= 11 is 0. The third-order valence-electron chi connectivity index (χ3n) is 4.97. The molecule has 11 heteroatoms. The van der Waals surface area contributed by atoms with Crippen LogP contribution < -0.4 is 0 Å². The van der Waals surface area contributed by atoms with Crippen LogP contribution >= 0.6 is 0 Å². The molecule has 0 bridgehead atoms. The van der Waals surface area contributed by atoms with E-state index >= 15 is 0 Å². The standard InChI is InChI=1S/C8H16O5.C8H16O4.C7H14O2.3CH4/c1-4(2)12-8-7(11)6(10)5(3-9)13-8;1-5(2)11-8-7(10)3-6(4-9)12-8;1-6(2)9-7-4-3-5-8-7;;;/h4-11H,3H2,1-2H3;5-10H,3-4H2,1-2H3;6-7H,3-5H2,1-2H3;3*1H4. The molecule has 8 unspecified atom stereocenters. The fourth-order valence-electron chi connectivity index (χ4n) is 3.43. The minimum Gasteiger partial charge on any atom is -0.394 e. The SMILES string of the molecule is C.C.C.CC(C)OC1CCCO1.CC(C)OC1OC(CO)C(O)C1O.CC(C)OC1OC(CO)CC1O. The molecule has 0 radical (unpaired) electrons. The lowest BCUT2D eigenvalue weighted by Crippen LogP contribution is -2.35. The molecule has 0 amide bonds. The number of rotatable bonds is 8. The van der Waals surface area contributed by atoms with E-state index in [1.165, 1.54) is 0 Å². The zero-order chi connectivity index (χ0) is 25.8. The van der Waals surface area contributed by atoms with Crippen molar-refractivity contribution in [1.82, 2.24) is 0 Å². The Kier molecular flexibility index (Phi) is 23.7. The lowest BCUT2D eigenvalue weighted by Gasteiger charge is -2.17. The molecule has 3 heterocycles. The highest BCUT2D eigenvalue weighted by Gasteiger charge is 2.43. The van der Waals surface area contributed by atoms with E-state index in [0.717, 1.165) is 19.4 Å². The Morgan fingerprint density at radius 1 is 0.730 bits per heavy atom. The second kappa shape index (κ2) is 21.4. The highest BCUT2D eigenvalue weighted by Crippen LogP contribution is 2.23. The molecule has 5 N–H and O–H groups in total. The largest absolute Gasteiger partial charge is 0.394 e. The molecular formula is C26H58O11. The van der Waals surface area contributed by atoms with Gasteiger partial charge in [-0.2, -0.15) is 0 Å². The highest BCUT2D eigenvalue weighted by atomic mass is 16.7. The Bertz CT molecular complexity index is 515. The molecule has 11 nitrogen and oxygen atoms in total. The predicted octanol–water partition coefficient (Wildman–Crippen LogP) is 2.19. The molecule has 0 saturated carbocycles. The zero-order valence-electron chi connectivity index (χ0n) is 21.3. The van der Waals surface area contributed by atoms with Crippen LogP contribution in [-0.2, 0) is 28.4 Å². The Balaban J connectivity index is -0.000000457. The van der Waals surface area contributed by atoms with Gasteiger partial charge in [0.1, 0.15) is 24.4 Å². The maximum absolute atomic E-state index is 9.40. The smallest absolute Gasteiger partial charge is 0.186 e. The van der Waals surface area contributed by atoms with E-state index in [-0.39, 0.29) is 60.1 Å². The van der Waals surface area contributed by atoms with Gasteiger partial charge in [0, 0.05) is 19.4 Å². The van der Waals surface area contributed by atoms with Gasteiger partial charge in [-0.1, -0.05) is 22.3 Å². The van der Waals surface area contributed by atoms with Gasteiger partial charge in [0.15, 0.2) is 18.9 Å². The third-order valence-corrected chi connectivity index (χ3v) is 4.97. The molecule has 0 aromatic rings. The van der Waals surface area contributed by atoms with Crippen molar-refractivity contribution in [3.05, 3.63) is 0 Å².